The fourth-order valence-electron chi connectivity index (χ4n) is 2.77. The molecule has 1 aromatic rings. The highest BCUT2D eigenvalue weighted by molar-refractivity contribution is 6.28. The number of hydrogen-bond acceptors (Lipinski definition) is 3. The molecule has 0 saturated heterocycles. The Hall–Kier alpha value is -1.83. The average molecular weight is 385 g/mol. The van der Waals surface area contributed by atoms with Crippen LogP contribution in [0.3, 0.4) is 0 Å². The molecule has 1 aliphatic carbocycles. The molecule has 0 spiro atoms. The van der Waals surface area contributed by atoms with Crippen LogP contribution in [0, 0.1) is 40.5 Å². The van der Waals surface area contributed by atoms with Gasteiger partial charge in [0.15, 0.2) is 22.7 Å². The molecule has 1 saturated carbocycles. The van der Waals surface area contributed by atoms with Crippen molar-refractivity contribution in [1.29, 1.82) is 0 Å². The summed E-state index contributed by atoms with van der Waals surface area (Å²) in [5.41, 5.74) is -1.75. The number of halogens is 6. The lowest BCUT2D eigenvalue weighted by molar-refractivity contribution is -0.147. The second kappa shape index (κ2) is 6.82. The van der Waals surface area contributed by atoms with Gasteiger partial charge in [-0.3, -0.25) is 4.79 Å². The number of hydrogen-bond donors (Lipinski definition) is 0. The summed E-state index contributed by atoms with van der Waals surface area (Å²) in [5.74, 6) is -10.4. The van der Waals surface area contributed by atoms with Crippen LogP contribution in [0.1, 0.15) is 19.4 Å². The van der Waals surface area contributed by atoms with E-state index >= 15 is 0 Å². The van der Waals surface area contributed by atoms with Gasteiger partial charge < -0.3 is 9.47 Å². The minimum atomic E-state index is -1.73. The molecule has 0 N–H and O–H groups in total. The first-order chi connectivity index (χ1) is 11.5. The van der Waals surface area contributed by atoms with E-state index in [2.05, 4.69) is 4.74 Å². The van der Waals surface area contributed by atoms with Crippen molar-refractivity contribution in [3.8, 4) is 5.75 Å². The van der Waals surface area contributed by atoms with Gasteiger partial charge in [0.05, 0.1) is 18.6 Å². The number of methoxy groups -OCH3 is 1. The van der Waals surface area contributed by atoms with Gasteiger partial charge >= 0.3 is 5.97 Å². The fraction of sp³-hybridized carbons (Fsp3) is 0.438. The second-order valence-electron chi connectivity index (χ2n) is 6.16. The molecule has 9 heteroatoms. The van der Waals surface area contributed by atoms with Gasteiger partial charge in [-0.1, -0.05) is 25.4 Å². The van der Waals surface area contributed by atoms with Crippen LogP contribution in [-0.2, 0) is 16.1 Å². The molecule has 0 heterocycles. The van der Waals surface area contributed by atoms with Gasteiger partial charge in [0, 0.05) is 5.92 Å². The number of ether oxygens (including phenoxy) is 2. The first kappa shape index (κ1) is 19.5. The SMILES string of the molecule is COc1c(F)c(F)c(COC(=O)C2C(C=C(F)Cl)C2(C)C)c(F)c1F. The lowest BCUT2D eigenvalue weighted by Crippen LogP contribution is -2.14. The summed E-state index contributed by atoms with van der Waals surface area (Å²) in [6.07, 6.45) is 1.03. The van der Waals surface area contributed by atoms with Crippen molar-refractivity contribution in [2.24, 2.45) is 17.3 Å². The average Bonchev–Trinajstić information content (AvgIpc) is 3.05. The van der Waals surface area contributed by atoms with Crippen LogP contribution in [-0.4, -0.2) is 13.1 Å². The van der Waals surface area contributed by atoms with E-state index in [0.717, 1.165) is 13.2 Å². The smallest absolute Gasteiger partial charge is 0.310 e. The molecule has 2 rings (SSSR count). The van der Waals surface area contributed by atoms with Crippen molar-refractivity contribution in [3.63, 3.8) is 0 Å². The molecule has 1 aliphatic rings. The number of benzene rings is 1. The normalized spacial score (nSPS) is 21.9. The van der Waals surface area contributed by atoms with Crippen LogP contribution >= 0.6 is 11.6 Å². The molecule has 0 aliphatic heterocycles. The zero-order valence-corrected chi connectivity index (χ0v) is 14.2. The number of carbonyl (C=O) groups excluding carboxylic acids is 1. The Morgan fingerprint density at radius 2 is 1.68 bits per heavy atom. The highest BCUT2D eigenvalue weighted by atomic mass is 35.5. The second-order valence-corrected chi connectivity index (χ2v) is 6.52. The van der Waals surface area contributed by atoms with Gasteiger partial charge in [0.1, 0.15) is 6.61 Å². The highest BCUT2D eigenvalue weighted by Crippen LogP contribution is 2.60. The van der Waals surface area contributed by atoms with Crippen molar-refractivity contribution in [3.05, 3.63) is 40.2 Å². The summed E-state index contributed by atoms with van der Waals surface area (Å²) in [5, 5.41) is -0.996. The Kier molecular flexibility index (Phi) is 5.32. The Bertz CT molecular complexity index is 715. The van der Waals surface area contributed by atoms with Crippen LogP contribution in [0.2, 0.25) is 0 Å². The maximum Gasteiger partial charge on any atom is 0.310 e. The first-order valence-electron chi connectivity index (χ1n) is 7.12. The van der Waals surface area contributed by atoms with Gasteiger partial charge in [-0.15, -0.1) is 0 Å². The molecule has 0 bridgehead atoms. The predicted octanol–water partition coefficient (Wildman–Crippen LogP) is 4.62. The zero-order valence-electron chi connectivity index (χ0n) is 13.4. The molecule has 138 valence electrons. The maximum absolute atomic E-state index is 13.8. The summed E-state index contributed by atoms with van der Waals surface area (Å²) < 4.78 is 76.7. The lowest BCUT2D eigenvalue weighted by atomic mass is 10.1. The molecular formula is C16H14ClF5O3. The van der Waals surface area contributed by atoms with Crippen LogP contribution in [0.4, 0.5) is 22.0 Å². The molecule has 1 fully saturated rings. The molecule has 0 radical (unpaired) electrons. The van der Waals surface area contributed by atoms with E-state index in [4.69, 9.17) is 16.3 Å². The molecular weight excluding hydrogens is 371 g/mol. The number of allylic oxidation sites excluding steroid dienone is 1. The standard InChI is InChI=1S/C16H14ClF5O3/c1-16(2)7(4-8(17)18)9(16)15(23)25-5-6-10(19)12(21)14(24-3)13(22)11(6)20/h4,7,9H,5H2,1-3H3. The van der Waals surface area contributed by atoms with Crippen LogP contribution in [0.25, 0.3) is 0 Å². The third-order valence-electron chi connectivity index (χ3n) is 4.35. The number of rotatable bonds is 5. The van der Waals surface area contributed by atoms with Gasteiger partial charge in [-0.2, -0.15) is 13.2 Å². The summed E-state index contributed by atoms with van der Waals surface area (Å²) in [4.78, 5) is 12.0. The van der Waals surface area contributed by atoms with Gasteiger partial charge in [0.2, 0.25) is 11.6 Å². The fourth-order valence-corrected chi connectivity index (χ4v) is 2.91. The molecule has 1 aromatic carbocycles. The minimum absolute atomic E-state index is 0.559. The van der Waals surface area contributed by atoms with E-state index in [0.29, 0.717) is 0 Å². The van der Waals surface area contributed by atoms with E-state index < -0.39 is 69.7 Å². The van der Waals surface area contributed by atoms with Crippen LogP contribution in [0.5, 0.6) is 5.75 Å². The number of esters is 1. The molecule has 2 atom stereocenters. The van der Waals surface area contributed by atoms with Crippen molar-refractivity contribution >= 4 is 17.6 Å². The molecule has 0 aromatic heterocycles. The van der Waals surface area contributed by atoms with E-state index in [1.54, 1.807) is 13.8 Å². The first-order valence-corrected chi connectivity index (χ1v) is 7.50. The largest absolute Gasteiger partial charge is 0.491 e. The van der Waals surface area contributed by atoms with Crippen molar-refractivity contribution < 1.29 is 36.2 Å². The summed E-state index contributed by atoms with van der Waals surface area (Å²) in [6.45, 7) is 2.27. The molecule has 2 unspecified atom stereocenters. The van der Waals surface area contributed by atoms with Crippen LogP contribution < -0.4 is 4.74 Å². The number of carbonyl (C=O) groups is 1. The van der Waals surface area contributed by atoms with E-state index in [9.17, 15) is 26.7 Å². The Morgan fingerprint density at radius 1 is 1.16 bits per heavy atom. The Morgan fingerprint density at radius 3 is 2.12 bits per heavy atom. The minimum Gasteiger partial charge on any atom is -0.491 e. The van der Waals surface area contributed by atoms with Gasteiger partial charge in [0.25, 0.3) is 0 Å². The van der Waals surface area contributed by atoms with E-state index in [1.807, 2.05) is 0 Å². The summed E-state index contributed by atoms with van der Waals surface area (Å²) in [6, 6.07) is 0. The summed E-state index contributed by atoms with van der Waals surface area (Å²) >= 11 is 5.14. The monoisotopic (exact) mass is 384 g/mol. The molecule has 3 nitrogen and oxygen atoms in total. The highest BCUT2D eigenvalue weighted by Gasteiger charge is 2.61. The zero-order chi connectivity index (χ0) is 19.1. The third-order valence-corrected chi connectivity index (χ3v) is 4.47. The van der Waals surface area contributed by atoms with E-state index in [1.165, 1.54) is 0 Å². The van der Waals surface area contributed by atoms with Crippen molar-refractivity contribution in [1.82, 2.24) is 0 Å². The van der Waals surface area contributed by atoms with Crippen molar-refractivity contribution in [2.75, 3.05) is 7.11 Å². The molecule has 0 amide bonds. The van der Waals surface area contributed by atoms with Crippen LogP contribution in [0.15, 0.2) is 11.4 Å². The Labute approximate surface area is 145 Å². The third kappa shape index (κ3) is 3.44. The maximum atomic E-state index is 13.8. The van der Waals surface area contributed by atoms with E-state index in [-0.39, 0.29) is 0 Å². The molecule has 25 heavy (non-hydrogen) atoms. The Balaban J connectivity index is 2.18. The summed E-state index contributed by atoms with van der Waals surface area (Å²) in [7, 11) is 0.846. The van der Waals surface area contributed by atoms with Crippen molar-refractivity contribution in [2.45, 2.75) is 20.5 Å². The predicted molar refractivity (Wildman–Crippen MR) is 78.4 cm³/mol. The van der Waals surface area contributed by atoms with Gasteiger partial charge in [-0.05, 0) is 11.5 Å². The van der Waals surface area contributed by atoms with Gasteiger partial charge in [-0.25, -0.2) is 8.78 Å². The lowest BCUT2D eigenvalue weighted by Gasteiger charge is -2.11. The topological polar surface area (TPSA) is 35.5 Å². The quantitative estimate of drug-likeness (QED) is 0.422.